The van der Waals surface area contributed by atoms with Crippen LogP contribution in [0.1, 0.15) is 6.92 Å². The van der Waals surface area contributed by atoms with Crippen LogP contribution in [-0.2, 0) is 14.2 Å². The number of carbonyl (C=O) groups excluding carboxylic acids is 1. The van der Waals surface area contributed by atoms with E-state index < -0.39 is 6.16 Å². The molecule has 0 bridgehead atoms. The number of carbonyl (C=O) groups is 1. The van der Waals surface area contributed by atoms with Gasteiger partial charge in [-0.3, -0.25) is 0 Å². The molecule has 1 aliphatic heterocycles. The SMILES string of the molecule is CCOC(=O)OC1CO1. The molecule has 0 saturated carbocycles. The molecule has 0 aromatic rings. The van der Waals surface area contributed by atoms with Gasteiger partial charge in [0, 0.05) is 0 Å². The normalized spacial score (nSPS) is 23.0. The summed E-state index contributed by atoms with van der Waals surface area (Å²) in [5.41, 5.74) is 0. The smallest absolute Gasteiger partial charge is 0.435 e. The second-order valence-electron chi connectivity index (χ2n) is 1.56. The molecule has 9 heavy (non-hydrogen) atoms. The lowest BCUT2D eigenvalue weighted by Crippen LogP contribution is -2.08. The van der Waals surface area contributed by atoms with Gasteiger partial charge in [-0.05, 0) is 6.92 Å². The van der Waals surface area contributed by atoms with E-state index in [0.29, 0.717) is 13.2 Å². The van der Waals surface area contributed by atoms with Gasteiger partial charge in [0.05, 0.1) is 6.61 Å². The molecule has 4 nitrogen and oxygen atoms in total. The largest absolute Gasteiger partial charge is 0.510 e. The quantitative estimate of drug-likeness (QED) is 0.406. The molecule has 0 spiro atoms. The summed E-state index contributed by atoms with van der Waals surface area (Å²) in [6.45, 7) is 2.55. The summed E-state index contributed by atoms with van der Waals surface area (Å²) < 4.78 is 13.6. The van der Waals surface area contributed by atoms with Crippen LogP contribution in [0.4, 0.5) is 4.79 Å². The zero-order valence-corrected chi connectivity index (χ0v) is 5.12. The Hall–Kier alpha value is -0.770. The highest BCUT2D eigenvalue weighted by molar-refractivity contribution is 5.60. The Labute approximate surface area is 52.7 Å². The van der Waals surface area contributed by atoms with Crippen molar-refractivity contribution in [3.8, 4) is 0 Å². The van der Waals surface area contributed by atoms with Crippen molar-refractivity contribution in [3.63, 3.8) is 0 Å². The Balaban J connectivity index is 2.02. The third-order valence-electron chi connectivity index (χ3n) is 0.793. The summed E-state index contributed by atoms with van der Waals surface area (Å²) in [6.07, 6.45) is -0.996. The van der Waals surface area contributed by atoms with E-state index in [1.807, 2.05) is 0 Å². The van der Waals surface area contributed by atoms with Gasteiger partial charge < -0.3 is 14.2 Å². The number of epoxide rings is 1. The Morgan fingerprint density at radius 1 is 1.89 bits per heavy atom. The van der Waals surface area contributed by atoms with Crippen molar-refractivity contribution in [1.29, 1.82) is 0 Å². The van der Waals surface area contributed by atoms with E-state index in [2.05, 4.69) is 14.2 Å². The highest BCUT2D eigenvalue weighted by atomic mass is 16.8. The molecule has 1 saturated heterocycles. The van der Waals surface area contributed by atoms with Gasteiger partial charge in [0.1, 0.15) is 6.61 Å². The topological polar surface area (TPSA) is 48.1 Å². The van der Waals surface area contributed by atoms with Crippen LogP contribution in [0.15, 0.2) is 0 Å². The number of hydrogen-bond donors (Lipinski definition) is 0. The molecule has 0 N–H and O–H groups in total. The van der Waals surface area contributed by atoms with Gasteiger partial charge in [0.25, 0.3) is 0 Å². The first kappa shape index (κ1) is 6.35. The molecule has 1 rings (SSSR count). The zero-order chi connectivity index (χ0) is 6.69. The average molecular weight is 132 g/mol. The molecule has 1 heterocycles. The first-order valence-corrected chi connectivity index (χ1v) is 2.78. The Morgan fingerprint density at radius 2 is 2.56 bits per heavy atom. The van der Waals surface area contributed by atoms with Crippen LogP contribution in [-0.4, -0.2) is 25.7 Å². The second kappa shape index (κ2) is 2.68. The summed E-state index contributed by atoms with van der Waals surface area (Å²) in [5.74, 6) is 0. The second-order valence-corrected chi connectivity index (χ2v) is 1.56. The molecular formula is C5H8O4. The van der Waals surface area contributed by atoms with E-state index >= 15 is 0 Å². The third kappa shape index (κ3) is 2.32. The minimum absolute atomic E-state index is 0.339. The number of ether oxygens (including phenoxy) is 3. The van der Waals surface area contributed by atoms with Gasteiger partial charge in [-0.1, -0.05) is 0 Å². The summed E-state index contributed by atoms with van der Waals surface area (Å²) in [5, 5.41) is 0. The van der Waals surface area contributed by atoms with Crippen LogP contribution in [0, 0.1) is 0 Å². The third-order valence-corrected chi connectivity index (χ3v) is 0.793. The molecule has 0 aliphatic carbocycles. The number of rotatable bonds is 2. The van der Waals surface area contributed by atoms with Crippen molar-refractivity contribution < 1.29 is 19.0 Å². The fourth-order valence-electron chi connectivity index (χ4n) is 0.367. The molecule has 0 amide bonds. The van der Waals surface area contributed by atoms with E-state index in [9.17, 15) is 4.79 Å². The zero-order valence-electron chi connectivity index (χ0n) is 5.12. The highest BCUT2D eigenvalue weighted by Crippen LogP contribution is 2.10. The van der Waals surface area contributed by atoms with Crippen LogP contribution in [0.25, 0.3) is 0 Å². The maximum Gasteiger partial charge on any atom is 0.510 e. The first-order valence-electron chi connectivity index (χ1n) is 2.78. The van der Waals surface area contributed by atoms with Gasteiger partial charge in [-0.25, -0.2) is 4.79 Å². The van der Waals surface area contributed by atoms with Gasteiger partial charge in [0.15, 0.2) is 0 Å². The minimum Gasteiger partial charge on any atom is -0.435 e. The molecule has 52 valence electrons. The molecule has 1 fully saturated rings. The molecule has 1 atom stereocenters. The molecule has 0 aromatic heterocycles. The molecular weight excluding hydrogens is 124 g/mol. The van der Waals surface area contributed by atoms with E-state index in [4.69, 9.17) is 0 Å². The van der Waals surface area contributed by atoms with E-state index in [-0.39, 0.29) is 6.29 Å². The Kier molecular flexibility index (Phi) is 1.89. The van der Waals surface area contributed by atoms with Crippen LogP contribution in [0.2, 0.25) is 0 Å². The van der Waals surface area contributed by atoms with Gasteiger partial charge in [-0.2, -0.15) is 0 Å². The van der Waals surface area contributed by atoms with Gasteiger partial charge >= 0.3 is 6.16 Å². The Bertz CT molecular complexity index is 108. The van der Waals surface area contributed by atoms with Crippen molar-refractivity contribution >= 4 is 6.16 Å². The van der Waals surface area contributed by atoms with Crippen LogP contribution in [0.3, 0.4) is 0 Å². The van der Waals surface area contributed by atoms with Crippen LogP contribution in [0.5, 0.6) is 0 Å². The highest BCUT2D eigenvalue weighted by Gasteiger charge is 2.27. The average Bonchev–Trinajstić information content (AvgIpc) is 2.50. The lowest BCUT2D eigenvalue weighted by Gasteiger charge is -1.98. The molecule has 1 aliphatic rings. The van der Waals surface area contributed by atoms with Crippen LogP contribution >= 0.6 is 0 Å². The lowest BCUT2D eigenvalue weighted by atomic mass is 10.8. The predicted octanol–water partition coefficient (Wildman–Crippen LogP) is 0.516. The maximum absolute atomic E-state index is 10.4. The van der Waals surface area contributed by atoms with E-state index in [1.54, 1.807) is 6.92 Å². The molecule has 0 aromatic carbocycles. The summed E-state index contributed by atoms with van der Waals surface area (Å²) in [4.78, 5) is 10.4. The molecule has 0 radical (unpaired) electrons. The van der Waals surface area contributed by atoms with Crippen molar-refractivity contribution in [2.24, 2.45) is 0 Å². The maximum atomic E-state index is 10.4. The van der Waals surface area contributed by atoms with Crippen molar-refractivity contribution in [2.45, 2.75) is 13.2 Å². The molecule has 4 heteroatoms. The summed E-state index contributed by atoms with van der Waals surface area (Å²) in [6, 6.07) is 0. The summed E-state index contributed by atoms with van der Waals surface area (Å²) in [7, 11) is 0. The lowest BCUT2D eigenvalue weighted by molar-refractivity contribution is 0.0258. The summed E-state index contributed by atoms with van der Waals surface area (Å²) >= 11 is 0. The standard InChI is InChI=1S/C5H8O4/c1-2-7-5(6)9-4-3-8-4/h4H,2-3H2,1H3. The van der Waals surface area contributed by atoms with Gasteiger partial charge in [0.2, 0.25) is 6.29 Å². The van der Waals surface area contributed by atoms with Crippen molar-refractivity contribution in [1.82, 2.24) is 0 Å². The predicted molar refractivity (Wildman–Crippen MR) is 27.8 cm³/mol. The molecule has 1 unspecified atom stereocenters. The fourth-order valence-corrected chi connectivity index (χ4v) is 0.367. The first-order chi connectivity index (χ1) is 4.33. The van der Waals surface area contributed by atoms with Crippen molar-refractivity contribution in [2.75, 3.05) is 13.2 Å². The van der Waals surface area contributed by atoms with Crippen molar-refractivity contribution in [3.05, 3.63) is 0 Å². The van der Waals surface area contributed by atoms with E-state index in [0.717, 1.165) is 0 Å². The van der Waals surface area contributed by atoms with E-state index in [1.165, 1.54) is 0 Å². The van der Waals surface area contributed by atoms with Gasteiger partial charge in [-0.15, -0.1) is 0 Å². The van der Waals surface area contributed by atoms with Crippen LogP contribution < -0.4 is 0 Å². The number of hydrogen-bond acceptors (Lipinski definition) is 4. The monoisotopic (exact) mass is 132 g/mol. The minimum atomic E-state index is -0.653. The fraction of sp³-hybridized carbons (Fsp3) is 0.800. The Morgan fingerprint density at radius 3 is 3.00 bits per heavy atom.